The highest BCUT2D eigenvalue weighted by molar-refractivity contribution is 6.24. The Morgan fingerprint density at radius 2 is 0.889 bits per heavy atom. The largest absolute Gasteiger partial charge is 0.455 e. The van der Waals surface area contributed by atoms with Gasteiger partial charge in [0.1, 0.15) is 16.7 Å². The molecule has 336 valence electrons. The van der Waals surface area contributed by atoms with Gasteiger partial charge in [-0.15, -0.1) is 0 Å². The molecule has 0 aliphatic carbocycles. The van der Waals surface area contributed by atoms with E-state index >= 15 is 0 Å². The van der Waals surface area contributed by atoms with E-state index in [4.69, 9.17) is 28.8 Å². The van der Waals surface area contributed by atoms with E-state index in [0.29, 0.717) is 40.2 Å². The molecule has 0 fully saturated rings. The number of rotatable bonds is 7. The third-order valence-corrected chi connectivity index (χ3v) is 14.0. The maximum absolute atomic E-state index is 6.63. The van der Waals surface area contributed by atoms with Gasteiger partial charge < -0.3 is 13.4 Å². The number of hydrogen-bond donors (Lipinski definition) is 0. The highest BCUT2D eigenvalue weighted by atomic mass is 16.3. The van der Waals surface area contributed by atoms with Crippen molar-refractivity contribution in [1.82, 2.24) is 29.1 Å². The van der Waals surface area contributed by atoms with Crippen LogP contribution in [0.5, 0.6) is 0 Å². The van der Waals surface area contributed by atoms with Gasteiger partial charge in [-0.2, -0.15) is 9.97 Å². The summed E-state index contributed by atoms with van der Waals surface area (Å²) in [5, 5.41) is 6.60. The molecule has 15 aromatic rings. The van der Waals surface area contributed by atoms with E-state index in [2.05, 4.69) is 173 Å². The lowest BCUT2D eigenvalue weighted by atomic mass is 10.0. The normalized spacial score (nSPS) is 11.9. The molecule has 0 aliphatic heterocycles. The summed E-state index contributed by atoms with van der Waals surface area (Å²) in [4.78, 5) is 21.1. The Bertz CT molecular complexity index is 4620. The SMILES string of the molecule is c1ccc(-c2ccc(-c3nc(-c4cccc5nc(-c6ccccc6)oc45)nc(-n4c5ccccc5c5ccc6c7ccccc7n(-c7cccc(-c8cccc9c8oc8ccccc89)c7)c6c54)n3)cc2)cc1. The van der Waals surface area contributed by atoms with Crippen molar-refractivity contribution in [3.63, 3.8) is 0 Å². The summed E-state index contributed by atoms with van der Waals surface area (Å²) in [6.45, 7) is 0. The zero-order valence-corrected chi connectivity index (χ0v) is 38.4. The van der Waals surface area contributed by atoms with Crippen LogP contribution in [0.1, 0.15) is 0 Å². The Kier molecular flexibility index (Phi) is 8.79. The molecule has 0 N–H and O–H groups in total. The van der Waals surface area contributed by atoms with E-state index in [-0.39, 0.29) is 0 Å². The molecule has 0 bridgehead atoms. The predicted octanol–water partition coefficient (Wildman–Crippen LogP) is 16.4. The molecule has 0 aliphatic rings. The van der Waals surface area contributed by atoms with Gasteiger partial charge in [0.25, 0.3) is 0 Å². The second-order valence-electron chi connectivity index (χ2n) is 18.2. The van der Waals surface area contributed by atoms with Gasteiger partial charge in [-0.25, -0.2) is 9.97 Å². The van der Waals surface area contributed by atoms with E-state index < -0.39 is 0 Å². The zero-order chi connectivity index (χ0) is 47.3. The molecule has 0 unspecified atom stereocenters. The van der Waals surface area contributed by atoms with Gasteiger partial charge in [0.05, 0.1) is 27.6 Å². The van der Waals surface area contributed by atoms with Gasteiger partial charge in [0.15, 0.2) is 17.2 Å². The molecule has 0 spiro atoms. The van der Waals surface area contributed by atoms with Crippen molar-refractivity contribution in [3.05, 3.63) is 231 Å². The van der Waals surface area contributed by atoms with E-state index in [0.717, 1.165) is 105 Å². The average Bonchev–Trinajstić information content (AvgIpc) is 4.23. The lowest BCUT2D eigenvalue weighted by molar-refractivity contribution is 0.620. The van der Waals surface area contributed by atoms with Crippen LogP contribution < -0.4 is 0 Å². The summed E-state index contributed by atoms with van der Waals surface area (Å²) >= 11 is 0. The fraction of sp³-hybridized carbons (Fsp3) is 0. The maximum atomic E-state index is 6.63. The third-order valence-electron chi connectivity index (χ3n) is 14.0. The van der Waals surface area contributed by atoms with Crippen LogP contribution in [0.25, 0.3) is 145 Å². The number of furan rings is 1. The van der Waals surface area contributed by atoms with Gasteiger partial charge in [0.2, 0.25) is 11.8 Å². The lowest BCUT2D eigenvalue weighted by Crippen LogP contribution is -2.07. The third kappa shape index (κ3) is 6.19. The molecule has 5 heterocycles. The second-order valence-corrected chi connectivity index (χ2v) is 18.2. The number of fused-ring (bicyclic) bond motifs is 11. The molecule has 5 aromatic heterocycles. The molecular formula is C64H38N6O2. The first kappa shape index (κ1) is 40.0. The predicted molar refractivity (Wildman–Crippen MR) is 291 cm³/mol. The van der Waals surface area contributed by atoms with Crippen molar-refractivity contribution in [2.75, 3.05) is 0 Å². The minimum atomic E-state index is 0.467. The number of nitrogens with zero attached hydrogens (tertiary/aromatic N) is 6. The number of hydrogen-bond acceptors (Lipinski definition) is 6. The molecule has 15 rings (SSSR count). The first-order valence-corrected chi connectivity index (χ1v) is 24.0. The molecule has 0 atom stereocenters. The molecule has 0 saturated heterocycles. The van der Waals surface area contributed by atoms with Crippen molar-refractivity contribution in [1.29, 1.82) is 0 Å². The summed E-state index contributed by atoms with van der Waals surface area (Å²) in [6.07, 6.45) is 0. The highest BCUT2D eigenvalue weighted by Gasteiger charge is 2.25. The standard InChI is InChI=1S/C64H38N6O2/c1-3-16-39(17-4-1)40-32-34-41(35-33-40)61-66-62(52-27-15-28-53-60(52)72-63(65-53)42-18-5-2-6-19-42)68-64(67-61)70-55-30-11-8-23-47(55)50-37-36-49-46-22-7-10-29-54(46)69(57(49)58(50)70)44-21-13-20-43(38-44)45-25-14-26-51-48-24-9-12-31-56(48)71-59(45)51/h1-38H. The lowest BCUT2D eigenvalue weighted by Gasteiger charge is -2.14. The zero-order valence-electron chi connectivity index (χ0n) is 38.4. The smallest absolute Gasteiger partial charge is 0.238 e. The molecule has 8 nitrogen and oxygen atoms in total. The van der Waals surface area contributed by atoms with Crippen LogP contribution in [-0.4, -0.2) is 29.1 Å². The van der Waals surface area contributed by atoms with Gasteiger partial charge in [-0.1, -0.05) is 176 Å². The Hall–Kier alpha value is -9.92. The summed E-state index contributed by atoms with van der Waals surface area (Å²) in [5.74, 6) is 2.00. The van der Waals surface area contributed by atoms with Crippen molar-refractivity contribution in [2.24, 2.45) is 0 Å². The quantitative estimate of drug-likeness (QED) is 0.158. The summed E-state index contributed by atoms with van der Waals surface area (Å²) in [5.41, 5.74) is 14.9. The molecule has 0 amide bonds. The van der Waals surface area contributed by atoms with Crippen LogP contribution in [0.2, 0.25) is 0 Å². The Morgan fingerprint density at radius 1 is 0.319 bits per heavy atom. The van der Waals surface area contributed by atoms with E-state index in [1.54, 1.807) is 0 Å². The van der Waals surface area contributed by atoms with Crippen LogP contribution in [0.15, 0.2) is 239 Å². The van der Waals surface area contributed by atoms with Crippen LogP contribution >= 0.6 is 0 Å². The molecular weight excluding hydrogens is 885 g/mol. The number of aromatic nitrogens is 6. The van der Waals surface area contributed by atoms with Crippen LogP contribution in [0, 0.1) is 0 Å². The minimum Gasteiger partial charge on any atom is -0.455 e. The average molecular weight is 923 g/mol. The van der Waals surface area contributed by atoms with E-state index in [1.807, 2.05) is 66.7 Å². The fourth-order valence-electron chi connectivity index (χ4n) is 10.7. The van der Waals surface area contributed by atoms with Crippen molar-refractivity contribution < 1.29 is 8.83 Å². The number of oxazole rings is 1. The molecule has 72 heavy (non-hydrogen) atoms. The van der Waals surface area contributed by atoms with Gasteiger partial charge in [-0.3, -0.25) is 4.57 Å². The first-order valence-electron chi connectivity index (χ1n) is 24.0. The van der Waals surface area contributed by atoms with Crippen LogP contribution in [-0.2, 0) is 0 Å². The first-order chi connectivity index (χ1) is 35.7. The monoisotopic (exact) mass is 922 g/mol. The Balaban J connectivity index is 1.00. The van der Waals surface area contributed by atoms with E-state index in [1.165, 1.54) is 0 Å². The Morgan fingerprint density at radius 3 is 1.67 bits per heavy atom. The maximum Gasteiger partial charge on any atom is 0.238 e. The van der Waals surface area contributed by atoms with Crippen molar-refractivity contribution in [2.45, 2.75) is 0 Å². The number of para-hydroxylation sites is 5. The molecule has 8 heteroatoms. The van der Waals surface area contributed by atoms with E-state index in [9.17, 15) is 0 Å². The summed E-state index contributed by atoms with van der Waals surface area (Å²) < 4.78 is 17.8. The fourth-order valence-corrected chi connectivity index (χ4v) is 10.7. The highest BCUT2D eigenvalue weighted by Crippen LogP contribution is 2.43. The molecule has 10 aromatic carbocycles. The van der Waals surface area contributed by atoms with Gasteiger partial charge in [0, 0.05) is 54.7 Å². The van der Waals surface area contributed by atoms with Crippen LogP contribution in [0.3, 0.4) is 0 Å². The Labute approximate surface area is 411 Å². The van der Waals surface area contributed by atoms with Crippen LogP contribution in [0.4, 0.5) is 0 Å². The summed E-state index contributed by atoms with van der Waals surface area (Å²) in [7, 11) is 0. The second kappa shape index (κ2) is 15.8. The topological polar surface area (TPSA) is 87.7 Å². The van der Waals surface area contributed by atoms with Gasteiger partial charge in [-0.05, 0) is 71.3 Å². The minimum absolute atomic E-state index is 0.467. The van der Waals surface area contributed by atoms with Gasteiger partial charge >= 0.3 is 0 Å². The molecule has 0 radical (unpaired) electrons. The van der Waals surface area contributed by atoms with Crippen molar-refractivity contribution in [3.8, 4) is 68.1 Å². The summed E-state index contributed by atoms with van der Waals surface area (Å²) in [6, 6.07) is 79.9. The number of benzene rings is 10. The molecule has 0 saturated carbocycles. The van der Waals surface area contributed by atoms with Crippen molar-refractivity contribution >= 4 is 76.6 Å².